The lowest BCUT2D eigenvalue weighted by molar-refractivity contribution is -0.0595. The monoisotopic (exact) mass is 350 g/mol. The topological polar surface area (TPSA) is 0 Å². The Morgan fingerprint density at radius 2 is 1.58 bits per heavy atom. The van der Waals surface area contributed by atoms with Gasteiger partial charge in [-0.15, -0.1) is 0 Å². The number of aryl methyl sites for hydroxylation is 1. The van der Waals surface area contributed by atoms with Crippen LogP contribution >= 0.6 is 0 Å². The van der Waals surface area contributed by atoms with Crippen molar-refractivity contribution in [1.82, 2.24) is 0 Å². The van der Waals surface area contributed by atoms with Gasteiger partial charge in [0.05, 0.1) is 0 Å². The summed E-state index contributed by atoms with van der Waals surface area (Å²) in [6.07, 6.45) is 13.7. The summed E-state index contributed by atoms with van der Waals surface area (Å²) in [6.45, 7) is 7.40. The fourth-order valence-corrected chi connectivity index (χ4v) is 8.43. The molecular weight excluding hydrogens is 312 g/mol. The van der Waals surface area contributed by atoms with Gasteiger partial charge in [0.25, 0.3) is 0 Å². The second-order valence-corrected chi connectivity index (χ2v) is 10.9. The normalized spacial score (nSPS) is 47.7. The van der Waals surface area contributed by atoms with Crippen molar-refractivity contribution >= 4 is 0 Å². The van der Waals surface area contributed by atoms with E-state index in [-0.39, 0.29) is 0 Å². The van der Waals surface area contributed by atoms with E-state index in [9.17, 15) is 0 Å². The summed E-state index contributed by atoms with van der Waals surface area (Å²) in [6, 6.07) is 9.57. The first-order valence-corrected chi connectivity index (χ1v) is 11.6. The Balaban J connectivity index is 1.39. The van der Waals surface area contributed by atoms with Crippen LogP contribution in [0.4, 0.5) is 0 Å². The number of fused-ring (bicyclic) bond motifs is 5. The molecule has 4 aliphatic carbocycles. The van der Waals surface area contributed by atoms with E-state index in [1.807, 2.05) is 0 Å². The van der Waals surface area contributed by atoms with Crippen molar-refractivity contribution in [3.05, 3.63) is 35.4 Å². The summed E-state index contributed by atoms with van der Waals surface area (Å²) in [5, 5.41) is 0. The van der Waals surface area contributed by atoms with Crippen LogP contribution < -0.4 is 0 Å². The van der Waals surface area contributed by atoms with Gasteiger partial charge in [-0.05, 0) is 111 Å². The second kappa shape index (κ2) is 6.39. The predicted octanol–water partition coefficient (Wildman–Crippen LogP) is 7.37. The molecule has 0 spiro atoms. The molecule has 0 saturated heterocycles. The van der Waals surface area contributed by atoms with Crippen molar-refractivity contribution in [3.63, 3.8) is 0 Å². The molecule has 4 fully saturated rings. The van der Waals surface area contributed by atoms with Gasteiger partial charge in [0.15, 0.2) is 0 Å². The van der Waals surface area contributed by atoms with Gasteiger partial charge in [-0.1, -0.05) is 50.1 Å². The van der Waals surface area contributed by atoms with Crippen molar-refractivity contribution in [2.75, 3.05) is 0 Å². The molecule has 8 atom stereocenters. The molecule has 4 saturated carbocycles. The van der Waals surface area contributed by atoms with E-state index in [1.54, 1.807) is 31.2 Å². The number of hydrogen-bond acceptors (Lipinski definition) is 0. The molecule has 0 radical (unpaired) electrons. The van der Waals surface area contributed by atoms with E-state index in [1.165, 1.54) is 37.7 Å². The van der Waals surface area contributed by atoms with Gasteiger partial charge in [-0.2, -0.15) is 0 Å². The fourth-order valence-electron chi connectivity index (χ4n) is 8.43. The summed E-state index contributed by atoms with van der Waals surface area (Å²) >= 11 is 0. The molecule has 26 heavy (non-hydrogen) atoms. The van der Waals surface area contributed by atoms with Gasteiger partial charge in [0, 0.05) is 0 Å². The molecule has 0 bridgehead atoms. The third-order valence-electron chi connectivity index (χ3n) is 9.70. The Labute approximate surface area is 161 Å². The van der Waals surface area contributed by atoms with Crippen molar-refractivity contribution in [1.29, 1.82) is 0 Å². The molecule has 0 aliphatic heterocycles. The lowest BCUT2D eigenvalue weighted by atomic mass is 9.49. The zero-order valence-electron chi connectivity index (χ0n) is 17.2. The highest BCUT2D eigenvalue weighted by Crippen LogP contribution is 2.66. The fraction of sp³-hybridized carbons (Fsp3) is 0.769. The van der Waals surface area contributed by atoms with Gasteiger partial charge in [-0.3, -0.25) is 0 Å². The van der Waals surface area contributed by atoms with E-state index in [4.69, 9.17) is 0 Å². The maximum atomic E-state index is 2.68. The minimum absolute atomic E-state index is 0.575. The van der Waals surface area contributed by atoms with Gasteiger partial charge >= 0.3 is 0 Å². The molecule has 5 rings (SSSR count). The van der Waals surface area contributed by atoms with E-state index in [0.29, 0.717) is 5.41 Å². The second-order valence-electron chi connectivity index (χ2n) is 10.9. The first-order valence-electron chi connectivity index (χ1n) is 11.6. The Bertz CT molecular complexity index is 643. The van der Waals surface area contributed by atoms with Gasteiger partial charge in [0.1, 0.15) is 0 Å². The minimum Gasteiger partial charge on any atom is -0.0625 e. The summed E-state index contributed by atoms with van der Waals surface area (Å²) in [5.74, 6) is 7.13. The van der Waals surface area contributed by atoms with Gasteiger partial charge in [0.2, 0.25) is 0 Å². The predicted molar refractivity (Wildman–Crippen MR) is 110 cm³/mol. The highest BCUT2D eigenvalue weighted by atomic mass is 14.6. The highest BCUT2D eigenvalue weighted by molar-refractivity contribution is 5.28. The van der Waals surface area contributed by atoms with Crippen LogP contribution in [-0.4, -0.2) is 0 Å². The largest absolute Gasteiger partial charge is 0.0625 e. The maximum absolute atomic E-state index is 2.68. The summed E-state index contributed by atoms with van der Waals surface area (Å²) in [4.78, 5) is 0. The van der Waals surface area contributed by atoms with Crippen LogP contribution in [0.25, 0.3) is 0 Å². The zero-order chi connectivity index (χ0) is 17.9. The van der Waals surface area contributed by atoms with E-state index < -0.39 is 0 Å². The quantitative estimate of drug-likeness (QED) is 0.496. The molecule has 0 amide bonds. The van der Waals surface area contributed by atoms with Crippen LogP contribution in [0.3, 0.4) is 0 Å². The third-order valence-corrected chi connectivity index (χ3v) is 9.70. The summed E-state index contributed by atoms with van der Waals surface area (Å²) in [5.41, 5.74) is 3.62. The smallest absolute Gasteiger partial charge is 0.0105 e. The maximum Gasteiger partial charge on any atom is -0.0105 e. The molecule has 142 valence electrons. The zero-order valence-corrected chi connectivity index (χ0v) is 17.2. The number of benzene rings is 1. The minimum atomic E-state index is 0.575. The van der Waals surface area contributed by atoms with E-state index >= 15 is 0 Å². The van der Waals surface area contributed by atoms with E-state index in [0.717, 1.165) is 41.4 Å². The summed E-state index contributed by atoms with van der Waals surface area (Å²) < 4.78 is 0. The average molecular weight is 351 g/mol. The van der Waals surface area contributed by atoms with Crippen LogP contribution in [0, 0.1) is 47.8 Å². The van der Waals surface area contributed by atoms with Crippen LogP contribution in [0.5, 0.6) is 0 Å². The first-order chi connectivity index (χ1) is 12.6. The molecule has 1 aromatic carbocycles. The Kier molecular flexibility index (Phi) is 4.26. The Hall–Kier alpha value is -0.780. The van der Waals surface area contributed by atoms with Crippen LogP contribution in [0.15, 0.2) is 24.3 Å². The first kappa shape index (κ1) is 17.3. The molecule has 1 aromatic rings. The van der Waals surface area contributed by atoms with Crippen LogP contribution in [0.2, 0.25) is 0 Å². The highest BCUT2D eigenvalue weighted by Gasteiger charge is 2.56. The third kappa shape index (κ3) is 2.61. The van der Waals surface area contributed by atoms with Crippen molar-refractivity contribution in [2.24, 2.45) is 40.9 Å². The summed E-state index contributed by atoms with van der Waals surface area (Å²) in [7, 11) is 0. The Morgan fingerprint density at radius 3 is 2.38 bits per heavy atom. The van der Waals surface area contributed by atoms with E-state index in [2.05, 4.69) is 45.0 Å². The lowest BCUT2D eigenvalue weighted by Crippen LogP contribution is -2.48. The molecular formula is C26H38. The number of hydrogen-bond donors (Lipinski definition) is 0. The molecule has 0 N–H and O–H groups in total. The molecule has 0 heteroatoms. The molecule has 0 heterocycles. The van der Waals surface area contributed by atoms with Crippen molar-refractivity contribution in [3.8, 4) is 0 Å². The van der Waals surface area contributed by atoms with Crippen molar-refractivity contribution in [2.45, 2.75) is 84.5 Å². The number of rotatable bonds is 1. The Morgan fingerprint density at radius 1 is 0.808 bits per heavy atom. The van der Waals surface area contributed by atoms with Gasteiger partial charge in [-0.25, -0.2) is 0 Å². The molecule has 0 aromatic heterocycles. The lowest BCUT2D eigenvalue weighted by Gasteiger charge is -2.56. The van der Waals surface area contributed by atoms with Crippen molar-refractivity contribution < 1.29 is 0 Å². The molecule has 4 aliphatic rings. The van der Waals surface area contributed by atoms with Gasteiger partial charge < -0.3 is 0 Å². The van der Waals surface area contributed by atoms with Crippen LogP contribution in [0.1, 0.15) is 88.7 Å². The average Bonchev–Trinajstić information content (AvgIpc) is 2.99. The molecule has 0 nitrogen and oxygen atoms in total. The van der Waals surface area contributed by atoms with Crippen LogP contribution in [-0.2, 0) is 0 Å². The molecule has 8 unspecified atom stereocenters. The standard InChI is InChI=1S/C26H38/c1-17-4-7-19(8-5-17)24-12-13-25-23-11-9-20-16-18(2)6-10-21(20)22(23)14-15-26(24,25)3/h4-5,7-8,18,20-25H,6,9-16H2,1-3H3. The SMILES string of the molecule is Cc1ccc(C2CCC3C4CCC5CC(C)CCC5C4CCC23C)cc1.